The second-order valence-electron chi connectivity index (χ2n) is 21.6. The highest BCUT2D eigenvalue weighted by Crippen LogP contribution is 2.15. The van der Waals surface area contributed by atoms with E-state index in [1.165, 1.54) is 103 Å². The molecule has 0 saturated heterocycles. The van der Waals surface area contributed by atoms with Crippen LogP contribution in [-0.4, -0.2) is 37.2 Å². The van der Waals surface area contributed by atoms with E-state index in [0.717, 1.165) is 154 Å². The van der Waals surface area contributed by atoms with Gasteiger partial charge in [0.05, 0.1) is 0 Å². The molecule has 6 nitrogen and oxygen atoms in total. The lowest BCUT2D eigenvalue weighted by Gasteiger charge is -2.18. The van der Waals surface area contributed by atoms with Crippen LogP contribution in [-0.2, 0) is 28.6 Å². The molecule has 0 aromatic heterocycles. The molecule has 0 aromatic rings. The van der Waals surface area contributed by atoms with Gasteiger partial charge in [0.2, 0.25) is 0 Å². The summed E-state index contributed by atoms with van der Waals surface area (Å²) in [5, 5.41) is 0. The van der Waals surface area contributed by atoms with Crippen LogP contribution in [0.4, 0.5) is 0 Å². The molecule has 1 atom stereocenters. The lowest BCUT2D eigenvalue weighted by atomic mass is 10.1. The molecule has 0 radical (unpaired) electrons. The van der Waals surface area contributed by atoms with Crippen molar-refractivity contribution < 1.29 is 28.6 Å². The van der Waals surface area contributed by atoms with Crippen LogP contribution < -0.4 is 0 Å². The van der Waals surface area contributed by atoms with Crippen molar-refractivity contribution in [2.75, 3.05) is 13.2 Å². The minimum Gasteiger partial charge on any atom is -0.462 e. The second kappa shape index (κ2) is 67.1. The monoisotopic (exact) mass is 1110 g/mol. The Hall–Kier alpha value is -4.45. The number of unbranched alkanes of at least 4 members (excludes halogenated alkanes) is 26. The van der Waals surface area contributed by atoms with Gasteiger partial charge < -0.3 is 14.2 Å². The zero-order valence-electron chi connectivity index (χ0n) is 52.0. The fourth-order valence-corrected chi connectivity index (χ4v) is 8.88. The molecule has 454 valence electrons. The van der Waals surface area contributed by atoms with E-state index in [1.54, 1.807) is 0 Å². The third-order valence-corrected chi connectivity index (χ3v) is 13.9. The Balaban J connectivity index is 4.42. The van der Waals surface area contributed by atoms with Crippen molar-refractivity contribution in [1.82, 2.24) is 0 Å². The van der Waals surface area contributed by atoms with Gasteiger partial charge in [-0.3, -0.25) is 14.4 Å². The smallest absolute Gasteiger partial charge is 0.306 e. The number of esters is 3. The molecule has 6 heteroatoms. The molecule has 0 saturated carbocycles. The van der Waals surface area contributed by atoms with Crippen LogP contribution in [0.5, 0.6) is 0 Å². The van der Waals surface area contributed by atoms with E-state index >= 15 is 0 Å². The maximum atomic E-state index is 12.9. The van der Waals surface area contributed by atoms with E-state index in [1.807, 2.05) is 0 Å². The molecule has 0 N–H and O–H groups in total. The van der Waals surface area contributed by atoms with Crippen molar-refractivity contribution in [3.05, 3.63) is 134 Å². The number of hydrogen-bond donors (Lipinski definition) is 0. The Kier molecular flexibility index (Phi) is 63.3. The van der Waals surface area contributed by atoms with E-state index in [9.17, 15) is 14.4 Å². The van der Waals surface area contributed by atoms with Crippen LogP contribution >= 0.6 is 0 Å². The third-order valence-electron chi connectivity index (χ3n) is 13.9. The van der Waals surface area contributed by atoms with Crippen molar-refractivity contribution in [2.24, 2.45) is 0 Å². The normalized spacial score (nSPS) is 13.0. The Morgan fingerprint density at radius 2 is 0.500 bits per heavy atom. The number of rotatable bonds is 59. The van der Waals surface area contributed by atoms with E-state index in [2.05, 4.69) is 154 Å². The largest absolute Gasteiger partial charge is 0.462 e. The van der Waals surface area contributed by atoms with Gasteiger partial charge in [0.1, 0.15) is 13.2 Å². The van der Waals surface area contributed by atoms with Gasteiger partial charge in [0, 0.05) is 19.3 Å². The van der Waals surface area contributed by atoms with Gasteiger partial charge in [-0.2, -0.15) is 0 Å². The summed E-state index contributed by atoms with van der Waals surface area (Å²) >= 11 is 0. The van der Waals surface area contributed by atoms with Crippen molar-refractivity contribution in [3.8, 4) is 0 Å². The lowest BCUT2D eigenvalue weighted by Crippen LogP contribution is -2.30. The van der Waals surface area contributed by atoms with Gasteiger partial charge in [0.15, 0.2) is 6.10 Å². The zero-order chi connectivity index (χ0) is 57.8. The van der Waals surface area contributed by atoms with Gasteiger partial charge in [-0.25, -0.2) is 0 Å². The number of ether oxygens (including phenoxy) is 3. The average molecular weight is 1110 g/mol. The van der Waals surface area contributed by atoms with Crippen molar-refractivity contribution in [1.29, 1.82) is 0 Å². The SMILES string of the molecule is CC/C=C\C/C=C\C/C=C\C/C=C\C/C=C\C/C=C\CCCCCCCCC(=O)OCC(COC(=O)CCCCCCC/C=C\C/C=C\CCCC)OC(=O)CCCCCCCCCC/C=C\C/C=C\C/C=C\CCCCCCC. The van der Waals surface area contributed by atoms with Crippen LogP contribution in [0.15, 0.2) is 134 Å². The van der Waals surface area contributed by atoms with Gasteiger partial charge in [-0.1, -0.05) is 276 Å². The highest BCUT2D eigenvalue weighted by Gasteiger charge is 2.19. The Morgan fingerprint density at radius 3 is 0.800 bits per heavy atom. The summed E-state index contributed by atoms with van der Waals surface area (Å²) in [5.74, 6) is -0.928. The number of hydrogen-bond acceptors (Lipinski definition) is 6. The summed E-state index contributed by atoms with van der Waals surface area (Å²) in [4.78, 5) is 38.4. The molecular weight excluding hydrogens is 985 g/mol. The van der Waals surface area contributed by atoms with Gasteiger partial charge >= 0.3 is 17.9 Å². The van der Waals surface area contributed by atoms with Crippen molar-refractivity contribution >= 4 is 17.9 Å². The second-order valence-corrected chi connectivity index (χ2v) is 21.6. The minimum absolute atomic E-state index is 0.0966. The van der Waals surface area contributed by atoms with Crippen molar-refractivity contribution in [2.45, 2.75) is 303 Å². The Bertz CT molecular complexity index is 1700. The highest BCUT2D eigenvalue weighted by atomic mass is 16.6. The highest BCUT2D eigenvalue weighted by molar-refractivity contribution is 5.71. The molecule has 0 aliphatic rings. The van der Waals surface area contributed by atoms with Crippen LogP contribution in [0.2, 0.25) is 0 Å². The standard InChI is InChI=1S/C74H122O6/c1-4-7-10-13-16-19-22-25-28-30-32-34-36-37-39-40-42-44-46-49-52-55-58-61-64-67-73(76)79-70-71(69-78-72(75)66-63-60-57-54-51-48-27-24-21-18-15-12-9-6-3)80-74(77)68-65-62-59-56-53-50-47-45-43-41-38-35-33-31-29-26-23-20-17-14-11-8-5-2/h7,10,15-16,18-19,23-28,31-34,37-39,41-42,44,71H,4-6,8-9,11-14,17,20-22,29-30,35-36,40,43,45-70H2,1-3H3/b10-7-,18-15-,19-16-,26-23-,27-24-,28-25-,33-31-,34-32-,39-37-,41-38-,44-42-. The van der Waals surface area contributed by atoms with E-state index in [0.29, 0.717) is 19.3 Å². The van der Waals surface area contributed by atoms with Crippen LogP contribution in [0.1, 0.15) is 297 Å². The summed E-state index contributed by atoms with van der Waals surface area (Å²) in [6.07, 6.45) is 94.5. The predicted molar refractivity (Wildman–Crippen MR) is 348 cm³/mol. The molecule has 0 rings (SSSR count). The molecule has 0 aliphatic heterocycles. The lowest BCUT2D eigenvalue weighted by molar-refractivity contribution is -0.167. The molecule has 0 heterocycles. The summed E-state index contributed by atoms with van der Waals surface area (Å²) < 4.78 is 16.9. The van der Waals surface area contributed by atoms with Gasteiger partial charge in [-0.05, 0) is 135 Å². The molecule has 0 spiro atoms. The molecule has 0 aliphatic carbocycles. The molecular formula is C74H122O6. The molecule has 0 aromatic carbocycles. The summed E-state index contributed by atoms with van der Waals surface area (Å²) in [7, 11) is 0. The maximum Gasteiger partial charge on any atom is 0.306 e. The summed E-state index contributed by atoms with van der Waals surface area (Å²) in [6.45, 7) is 6.46. The van der Waals surface area contributed by atoms with Gasteiger partial charge in [0.25, 0.3) is 0 Å². The number of carbonyl (C=O) groups excluding carboxylic acids is 3. The number of allylic oxidation sites excluding steroid dienone is 22. The third kappa shape index (κ3) is 64.4. The van der Waals surface area contributed by atoms with E-state index in [4.69, 9.17) is 14.2 Å². The summed E-state index contributed by atoms with van der Waals surface area (Å²) in [5.41, 5.74) is 0. The quantitative estimate of drug-likeness (QED) is 0.0261. The van der Waals surface area contributed by atoms with Gasteiger partial charge in [-0.15, -0.1) is 0 Å². The molecule has 0 bridgehead atoms. The first kappa shape index (κ1) is 75.5. The minimum atomic E-state index is -0.801. The van der Waals surface area contributed by atoms with Crippen LogP contribution in [0.25, 0.3) is 0 Å². The fraction of sp³-hybridized carbons (Fsp3) is 0.662. The first-order valence-corrected chi connectivity index (χ1v) is 33.2. The first-order chi connectivity index (χ1) is 39.5. The average Bonchev–Trinajstić information content (AvgIpc) is 3.46. The molecule has 1 unspecified atom stereocenters. The maximum absolute atomic E-state index is 12.9. The predicted octanol–water partition coefficient (Wildman–Crippen LogP) is 22.9. The van der Waals surface area contributed by atoms with Crippen LogP contribution in [0, 0.1) is 0 Å². The van der Waals surface area contributed by atoms with E-state index < -0.39 is 6.10 Å². The Labute approximate surface area is 494 Å². The fourth-order valence-electron chi connectivity index (χ4n) is 8.88. The van der Waals surface area contributed by atoms with Crippen molar-refractivity contribution in [3.63, 3.8) is 0 Å². The molecule has 80 heavy (non-hydrogen) atoms. The summed E-state index contributed by atoms with van der Waals surface area (Å²) in [6, 6.07) is 0. The Morgan fingerprint density at radius 1 is 0.263 bits per heavy atom. The topological polar surface area (TPSA) is 78.9 Å². The first-order valence-electron chi connectivity index (χ1n) is 33.2. The zero-order valence-corrected chi connectivity index (χ0v) is 52.0. The number of carbonyl (C=O) groups is 3. The van der Waals surface area contributed by atoms with Crippen LogP contribution in [0.3, 0.4) is 0 Å². The molecule has 0 amide bonds. The molecule has 0 fully saturated rings. The van der Waals surface area contributed by atoms with E-state index in [-0.39, 0.29) is 31.1 Å².